The van der Waals surface area contributed by atoms with Crippen LogP contribution in [0.4, 0.5) is 11.8 Å². The number of aliphatic hydroxyl groups is 1. The summed E-state index contributed by atoms with van der Waals surface area (Å²) >= 11 is 0. The van der Waals surface area contributed by atoms with E-state index in [-0.39, 0.29) is 12.6 Å². The SMILES string of the molecule is CCNc1nc(N2CCOCC2CO)c2cn[nH]c2n1. The highest BCUT2D eigenvalue weighted by Gasteiger charge is 2.26. The molecule has 1 unspecified atom stereocenters. The van der Waals surface area contributed by atoms with Gasteiger partial charge < -0.3 is 20.1 Å². The van der Waals surface area contributed by atoms with Gasteiger partial charge in [-0.25, -0.2) is 0 Å². The van der Waals surface area contributed by atoms with Gasteiger partial charge in [0.25, 0.3) is 0 Å². The molecule has 8 nitrogen and oxygen atoms in total. The monoisotopic (exact) mass is 278 g/mol. The van der Waals surface area contributed by atoms with E-state index in [1.165, 1.54) is 0 Å². The molecule has 1 fully saturated rings. The molecule has 0 amide bonds. The molecule has 0 radical (unpaired) electrons. The molecule has 0 saturated carbocycles. The van der Waals surface area contributed by atoms with Gasteiger partial charge in [-0.1, -0.05) is 0 Å². The fourth-order valence-electron chi connectivity index (χ4n) is 2.36. The molecule has 3 heterocycles. The molecule has 0 spiro atoms. The molecule has 0 aromatic carbocycles. The molecule has 0 bridgehead atoms. The molecular formula is C12H18N6O2. The Labute approximate surface area is 116 Å². The van der Waals surface area contributed by atoms with Crippen molar-refractivity contribution in [2.75, 3.05) is 43.1 Å². The number of hydrogen-bond donors (Lipinski definition) is 3. The van der Waals surface area contributed by atoms with E-state index in [1.807, 2.05) is 6.92 Å². The number of anilines is 2. The summed E-state index contributed by atoms with van der Waals surface area (Å²) in [5, 5.41) is 20.4. The van der Waals surface area contributed by atoms with Crippen molar-refractivity contribution in [1.29, 1.82) is 0 Å². The molecule has 1 atom stereocenters. The second-order valence-corrected chi connectivity index (χ2v) is 4.64. The predicted molar refractivity (Wildman–Crippen MR) is 74.9 cm³/mol. The Balaban J connectivity index is 2.05. The number of aromatic nitrogens is 4. The Bertz CT molecular complexity index is 586. The first kappa shape index (κ1) is 13.1. The van der Waals surface area contributed by atoms with Crippen molar-refractivity contribution in [1.82, 2.24) is 20.2 Å². The topological polar surface area (TPSA) is 99.2 Å². The number of hydrogen-bond acceptors (Lipinski definition) is 7. The highest BCUT2D eigenvalue weighted by molar-refractivity contribution is 5.87. The maximum absolute atomic E-state index is 9.51. The smallest absolute Gasteiger partial charge is 0.226 e. The molecular weight excluding hydrogens is 260 g/mol. The zero-order valence-corrected chi connectivity index (χ0v) is 11.3. The van der Waals surface area contributed by atoms with Gasteiger partial charge in [-0.05, 0) is 6.92 Å². The number of rotatable bonds is 4. The van der Waals surface area contributed by atoms with Gasteiger partial charge in [0.1, 0.15) is 5.82 Å². The Hall–Kier alpha value is -1.93. The zero-order chi connectivity index (χ0) is 13.9. The molecule has 1 aliphatic rings. The van der Waals surface area contributed by atoms with E-state index in [4.69, 9.17) is 4.74 Å². The standard InChI is InChI=1S/C12H18N6O2/c1-2-13-12-15-10-9(5-14-17-10)11(16-12)18-3-4-20-7-8(18)6-19/h5,8,19H,2-4,6-7H2,1H3,(H2,13,14,15,16,17). The maximum Gasteiger partial charge on any atom is 0.226 e. The second-order valence-electron chi connectivity index (χ2n) is 4.64. The molecule has 2 aromatic heterocycles. The van der Waals surface area contributed by atoms with Gasteiger partial charge in [-0.3, -0.25) is 5.10 Å². The van der Waals surface area contributed by atoms with Crippen LogP contribution >= 0.6 is 0 Å². The van der Waals surface area contributed by atoms with Crippen LogP contribution in [0.5, 0.6) is 0 Å². The summed E-state index contributed by atoms with van der Waals surface area (Å²) in [4.78, 5) is 11.0. The van der Waals surface area contributed by atoms with Gasteiger partial charge in [-0.2, -0.15) is 15.1 Å². The van der Waals surface area contributed by atoms with Crippen molar-refractivity contribution in [3.05, 3.63) is 6.20 Å². The van der Waals surface area contributed by atoms with Crippen molar-refractivity contribution >= 4 is 22.8 Å². The largest absolute Gasteiger partial charge is 0.394 e. The Kier molecular flexibility index (Phi) is 3.66. The Morgan fingerprint density at radius 2 is 2.45 bits per heavy atom. The number of aliphatic hydroxyl groups excluding tert-OH is 1. The predicted octanol–water partition coefficient (Wildman–Crippen LogP) is -0.0178. The van der Waals surface area contributed by atoms with Gasteiger partial charge in [0, 0.05) is 13.1 Å². The van der Waals surface area contributed by atoms with Gasteiger partial charge in [-0.15, -0.1) is 0 Å². The average molecular weight is 278 g/mol. The van der Waals surface area contributed by atoms with Crippen LogP contribution in [0.25, 0.3) is 11.0 Å². The molecule has 20 heavy (non-hydrogen) atoms. The Morgan fingerprint density at radius 3 is 3.25 bits per heavy atom. The molecule has 3 N–H and O–H groups in total. The van der Waals surface area contributed by atoms with E-state index in [1.54, 1.807) is 6.20 Å². The van der Waals surface area contributed by atoms with E-state index in [0.29, 0.717) is 31.4 Å². The van der Waals surface area contributed by atoms with Crippen LogP contribution in [0.1, 0.15) is 6.92 Å². The lowest BCUT2D eigenvalue weighted by Crippen LogP contribution is -2.48. The highest BCUT2D eigenvalue weighted by Crippen LogP contribution is 2.26. The second kappa shape index (κ2) is 5.59. The Morgan fingerprint density at radius 1 is 1.55 bits per heavy atom. The number of nitrogens with one attached hydrogen (secondary N) is 2. The summed E-state index contributed by atoms with van der Waals surface area (Å²) in [6, 6.07) is -0.0915. The summed E-state index contributed by atoms with van der Waals surface area (Å²) in [6.07, 6.45) is 1.71. The van der Waals surface area contributed by atoms with Crippen LogP contribution in [0.15, 0.2) is 6.20 Å². The minimum absolute atomic E-state index is 0.0277. The van der Waals surface area contributed by atoms with E-state index in [9.17, 15) is 5.11 Å². The van der Waals surface area contributed by atoms with Crippen molar-refractivity contribution in [3.63, 3.8) is 0 Å². The fourth-order valence-corrected chi connectivity index (χ4v) is 2.36. The summed E-state index contributed by atoms with van der Waals surface area (Å²) in [6.45, 7) is 4.57. The molecule has 1 saturated heterocycles. The van der Waals surface area contributed by atoms with Crippen molar-refractivity contribution in [2.24, 2.45) is 0 Å². The van der Waals surface area contributed by atoms with Gasteiger partial charge in [0.2, 0.25) is 5.95 Å². The molecule has 8 heteroatoms. The van der Waals surface area contributed by atoms with E-state index >= 15 is 0 Å². The summed E-state index contributed by atoms with van der Waals surface area (Å²) < 4.78 is 5.41. The van der Waals surface area contributed by atoms with Crippen molar-refractivity contribution in [3.8, 4) is 0 Å². The third-order valence-corrected chi connectivity index (χ3v) is 3.33. The minimum Gasteiger partial charge on any atom is -0.394 e. The molecule has 2 aromatic rings. The first-order valence-electron chi connectivity index (χ1n) is 6.73. The first-order chi connectivity index (χ1) is 9.83. The normalized spacial score (nSPS) is 19.5. The lowest BCUT2D eigenvalue weighted by molar-refractivity contribution is 0.0724. The fraction of sp³-hybridized carbons (Fsp3) is 0.583. The number of H-pyrrole nitrogens is 1. The molecule has 108 valence electrons. The third kappa shape index (κ3) is 2.27. The number of nitrogens with zero attached hydrogens (tertiary/aromatic N) is 4. The van der Waals surface area contributed by atoms with E-state index in [0.717, 1.165) is 17.7 Å². The molecule has 3 rings (SSSR count). The number of morpholine rings is 1. The number of aromatic amines is 1. The lowest BCUT2D eigenvalue weighted by Gasteiger charge is -2.35. The number of ether oxygens (including phenoxy) is 1. The van der Waals surface area contributed by atoms with Crippen LogP contribution in [-0.2, 0) is 4.74 Å². The maximum atomic E-state index is 9.51. The quantitative estimate of drug-likeness (QED) is 0.723. The highest BCUT2D eigenvalue weighted by atomic mass is 16.5. The van der Waals surface area contributed by atoms with Crippen LogP contribution in [0, 0.1) is 0 Å². The van der Waals surface area contributed by atoms with Crippen LogP contribution < -0.4 is 10.2 Å². The van der Waals surface area contributed by atoms with Gasteiger partial charge >= 0.3 is 0 Å². The van der Waals surface area contributed by atoms with E-state index < -0.39 is 0 Å². The number of fused-ring (bicyclic) bond motifs is 1. The third-order valence-electron chi connectivity index (χ3n) is 3.33. The zero-order valence-electron chi connectivity index (χ0n) is 11.3. The van der Waals surface area contributed by atoms with Crippen LogP contribution in [0.2, 0.25) is 0 Å². The van der Waals surface area contributed by atoms with Crippen molar-refractivity contribution < 1.29 is 9.84 Å². The lowest BCUT2D eigenvalue weighted by atomic mass is 10.2. The van der Waals surface area contributed by atoms with Crippen molar-refractivity contribution in [2.45, 2.75) is 13.0 Å². The summed E-state index contributed by atoms with van der Waals surface area (Å²) in [7, 11) is 0. The first-order valence-corrected chi connectivity index (χ1v) is 6.73. The van der Waals surface area contributed by atoms with E-state index in [2.05, 4.69) is 30.4 Å². The molecule has 1 aliphatic heterocycles. The summed E-state index contributed by atoms with van der Waals surface area (Å²) in [5.41, 5.74) is 0.689. The van der Waals surface area contributed by atoms with Gasteiger partial charge in [0.05, 0.1) is 37.4 Å². The summed E-state index contributed by atoms with van der Waals surface area (Å²) in [5.74, 6) is 1.34. The average Bonchev–Trinajstić information content (AvgIpc) is 2.95. The van der Waals surface area contributed by atoms with Gasteiger partial charge in [0.15, 0.2) is 5.65 Å². The van der Waals surface area contributed by atoms with Crippen LogP contribution in [0.3, 0.4) is 0 Å². The molecule has 0 aliphatic carbocycles. The minimum atomic E-state index is -0.0915. The van der Waals surface area contributed by atoms with Crippen LogP contribution in [-0.4, -0.2) is 64.2 Å².